The fourth-order valence-corrected chi connectivity index (χ4v) is 4.64. The Morgan fingerprint density at radius 3 is 3.00 bits per heavy atom. The van der Waals surface area contributed by atoms with Crippen LogP contribution in [0, 0.1) is 6.92 Å². The van der Waals surface area contributed by atoms with Crippen LogP contribution >= 0.6 is 23.4 Å². The summed E-state index contributed by atoms with van der Waals surface area (Å²) in [5.41, 5.74) is 3.15. The van der Waals surface area contributed by atoms with Crippen molar-refractivity contribution in [2.45, 2.75) is 48.8 Å². The summed E-state index contributed by atoms with van der Waals surface area (Å²) in [5, 5.41) is 1.32. The second-order valence-corrected chi connectivity index (χ2v) is 6.73. The molecule has 108 valence electrons. The molecule has 0 saturated heterocycles. The van der Waals surface area contributed by atoms with Crippen LogP contribution in [0.25, 0.3) is 0 Å². The number of nitrogens with zero attached hydrogens (tertiary/aromatic N) is 2. The Kier molecular flexibility index (Phi) is 3.77. The lowest BCUT2D eigenvalue weighted by Gasteiger charge is -2.23. The van der Waals surface area contributed by atoms with Crippen molar-refractivity contribution < 1.29 is 4.79 Å². The van der Waals surface area contributed by atoms with Crippen molar-refractivity contribution >= 4 is 29.3 Å². The van der Waals surface area contributed by atoms with Crippen LogP contribution in [-0.2, 0) is 4.79 Å². The van der Waals surface area contributed by atoms with Crippen LogP contribution in [0.1, 0.15) is 43.0 Å². The van der Waals surface area contributed by atoms with Crippen LogP contribution in [-0.4, -0.2) is 26.7 Å². The molecule has 1 N–H and O–H groups in total. The lowest BCUT2D eigenvalue weighted by molar-refractivity contribution is -0.114. The molecule has 0 bridgehead atoms. The first-order chi connectivity index (χ1) is 9.61. The van der Waals surface area contributed by atoms with Gasteiger partial charge in [0.1, 0.15) is 16.7 Å². The van der Waals surface area contributed by atoms with Crippen LogP contribution in [0.2, 0.25) is 0 Å². The molecule has 3 rings (SSSR count). The zero-order valence-corrected chi connectivity index (χ0v) is 12.8. The molecule has 1 aliphatic carbocycles. The maximum Gasteiger partial charge on any atom is 0.277 e. The molecule has 0 spiro atoms. The topological polar surface area (TPSA) is 64.0 Å². The smallest absolute Gasteiger partial charge is 0.272 e. The number of alkyl halides is 1. The van der Waals surface area contributed by atoms with Gasteiger partial charge in [0.15, 0.2) is 0 Å². The van der Waals surface area contributed by atoms with Crippen molar-refractivity contribution in [3.8, 4) is 0 Å². The molecule has 1 fully saturated rings. The normalized spacial score (nSPS) is 24.1. The van der Waals surface area contributed by atoms with E-state index >= 15 is 0 Å². The van der Waals surface area contributed by atoms with E-state index in [2.05, 4.69) is 10.4 Å². The van der Waals surface area contributed by atoms with Gasteiger partial charge in [-0.05, 0) is 19.8 Å². The summed E-state index contributed by atoms with van der Waals surface area (Å²) in [6.07, 6.45) is 4.55. The van der Waals surface area contributed by atoms with Crippen LogP contribution in [0.3, 0.4) is 0 Å². The molecule has 2 aliphatic rings. The van der Waals surface area contributed by atoms with Crippen molar-refractivity contribution in [2.75, 3.05) is 11.3 Å². The van der Waals surface area contributed by atoms with Gasteiger partial charge in [0.25, 0.3) is 11.5 Å². The SMILES string of the molecule is Cc1nc2c(c(=O)n1NC(=O)CCl)[C@H]1CCCC[C@@H]1S2. The van der Waals surface area contributed by atoms with E-state index in [-0.39, 0.29) is 17.4 Å². The summed E-state index contributed by atoms with van der Waals surface area (Å²) in [6, 6.07) is 0. The number of nitrogens with one attached hydrogen (secondary N) is 1. The molecule has 1 aromatic rings. The molecule has 1 saturated carbocycles. The molecule has 1 amide bonds. The molecule has 2 atom stereocenters. The minimum Gasteiger partial charge on any atom is -0.272 e. The van der Waals surface area contributed by atoms with Gasteiger partial charge in [-0.2, -0.15) is 0 Å². The zero-order chi connectivity index (χ0) is 14.3. The summed E-state index contributed by atoms with van der Waals surface area (Å²) < 4.78 is 1.24. The molecule has 20 heavy (non-hydrogen) atoms. The van der Waals surface area contributed by atoms with Gasteiger partial charge in [0.2, 0.25) is 0 Å². The maximum absolute atomic E-state index is 12.6. The van der Waals surface area contributed by atoms with E-state index in [1.165, 1.54) is 11.1 Å². The lowest BCUT2D eigenvalue weighted by Crippen LogP contribution is -2.38. The number of rotatable bonds is 2. The highest BCUT2D eigenvalue weighted by molar-refractivity contribution is 8.00. The summed E-state index contributed by atoms with van der Waals surface area (Å²) in [6.45, 7) is 1.72. The number of thioether (sulfide) groups is 1. The highest BCUT2D eigenvalue weighted by Crippen LogP contribution is 2.49. The molecule has 0 aromatic carbocycles. The van der Waals surface area contributed by atoms with Gasteiger partial charge >= 0.3 is 0 Å². The van der Waals surface area contributed by atoms with Crippen LogP contribution in [0.15, 0.2) is 9.82 Å². The molecule has 1 aliphatic heterocycles. The Bertz CT molecular complexity index is 616. The van der Waals surface area contributed by atoms with Crippen LogP contribution in [0.4, 0.5) is 0 Å². The van der Waals surface area contributed by atoms with E-state index in [0.717, 1.165) is 29.9 Å². The van der Waals surface area contributed by atoms with E-state index in [1.807, 2.05) is 0 Å². The van der Waals surface area contributed by atoms with E-state index in [4.69, 9.17) is 11.6 Å². The minimum absolute atomic E-state index is 0.145. The predicted octanol–water partition coefficient (Wildman–Crippen LogP) is 1.99. The van der Waals surface area contributed by atoms with Gasteiger partial charge in [-0.3, -0.25) is 15.0 Å². The number of carbonyl (C=O) groups excluding carboxylic acids is 1. The summed E-state index contributed by atoms with van der Waals surface area (Å²) in [5.74, 6) is 0.204. The zero-order valence-electron chi connectivity index (χ0n) is 11.2. The average molecular weight is 314 g/mol. The third kappa shape index (κ3) is 2.24. The van der Waals surface area contributed by atoms with Gasteiger partial charge in [-0.25, -0.2) is 9.66 Å². The van der Waals surface area contributed by atoms with E-state index in [9.17, 15) is 9.59 Å². The fraction of sp³-hybridized carbons (Fsp3) is 0.615. The molecular weight excluding hydrogens is 298 g/mol. The second kappa shape index (κ2) is 5.41. The third-order valence-corrected chi connectivity index (χ3v) is 5.59. The lowest BCUT2D eigenvalue weighted by atomic mass is 9.85. The molecule has 2 heterocycles. The highest BCUT2D eigenvalue weighted by Gasteiger charge is 2.39. The van der Waals surface area contributed by atoms with E-state index in [0.29, 0.717) is 11.1 Å². The van der Waals surface area contributed by atoms with Crippen molar-refractivity contribution in [3.05, 3.63) is 21.7 Å². The first-order valence-electron chi connectivity index (χ1n) is 6.78. The molecule has 5 nitrogen and oxygen atoms in total. The number of halogens is 1. The van der Waals surface area contributed by atoms with Gasteiger partial charge in [0, 0.05) is 11.2 Å². The summed E-state index contributed by atoms with van der Waals surface area (Å²) in [7, 11) is 0. The minimum atomic E-state index is -0.399. The van der Waals surface area contributed by atoms with E-state index < -0.39 is 5.91 Å². The first kappa shape index (κ1) is 13.9. The van der Waals surface area contributed by atoms with Gasteiger partial charge in [-0.1, -0.05) is 12.8 Å². The number of amides is 1. The molecule has 1 aromatic heterocycles. The maximum atomic E-state index is 12.6. The summed E-state index contributed by atoms with van der Waals surface area (Å²) >= 11 is 7.20. The van der Waals surface area contributed by atoms with Crippen molar-refractivity contribution in [2.24, 2.45) is 0 Å². The van der Waals surface area contributed by atoms with Crippen LogP contribution < -0.4 is 11.0 Å². The van der Waals surface area contributed by atoms with Gasteiger partial charge in [0.05, 0.1) is 5.56 Å². The van der Waals surface area contributed by atoms with Gasteiger partial charge < -0.3 is 0 Å². The number of fused-ring (bicyclic) bond motifs is 3. The van der Waals surface area contributed by atoms with Crippen LogP contribution in [0.5, 0.6) is 0 Å². The standard InChI is InChI=1S/C13H16ClN3O2S/c1-7-15-12-11(8-4-2-3-5-9(8)20-12)13(19)17(7)16-10(18)6-14/h8-9H,2-6H2,1H3,(H,16,18)/t8-,9-/m0/s1. The number of hydrogen-bond donors (Lipinski definition) is 1. The van der Waals surface area contributed by atoms with Crippen molar-refractivity contribution in [1.29, 1.82) is 0 Å². The Morgan fingerprint density at radius 2 is 2.25 bits per heavy atom. The molecule has 0 radical (unpaired) electrons. The van der Waals surface area contributed by atoms with Gasteiger partial charge in [-0.15, -0.1) is 23.4 Å². The first-order valence-corrected chi connectivity index (χ1v) is 8.19. The largest absolute Gasteiger partial charge is 0.277 e. The van der Waals surface area contributed by atoms with Crippen molar-refractivity contribution in [1.82, 2.24) is 9.66 Å². The highest BCUT2D eigenvalue weighted by atomic mass is 35.5. The number of hydrogen-bond acceptors (Lipinski definition) is 4. The molecular formula is C13H16ClN3O2S. The number of aromatic nitrogens is 2. The molecule has 0 unspecified atom stereocenters. The number of carbonyl (C=O) groups is 1. The Labute approximate surface area is 126 Å². The van der Waals surface area contributed by atoms with Crippen molar-refractivity contribution in [3.63, 3.8) is 0 Å². The predicted molar refractivity (Wildman–Crippen MR) is 79.2 cm³/mol. The summed E-state index contributed by atoms with van der Waals surface area (Å²) in [4.78, 5) is 28.6. The molecule has 7 heteroatoms. The second-order valence-electron chi connectivity index (χ2n) is 5.23. The monoisotopic (exact) mass is 313 g/mol. The number of aryl methyl sites for hydroxylation is 1. The Hall–Kier alpha value is -1.01. The quantitative estimate of drug-likeness (QED) is 0.670. The third-order valence-electron chi connectivity index (χ3n) is 3.95. The fourth-order valence-electron chi connectivity index (χ4n) is 3.02. The van der Waals surface area contributed by atoms with E-state index in [1.54, 1.807) is 18.7 Å². The average Bonchev–Trinajstić information content (AvgIpc) is 2.81. The Balaban J connectivity index is 2.04. The Morgan fingerprint density at radius 1 is 1.50 bits per heavy atom.